The highest BCUT2D eigenvalue weighted by atomic mass is 35.5. The number of fused-ring (bicyclic) bond motifs is 4. The summed E-state index contributed by atoms with van der Waals surface area (Å²) < 4.78 is 11.3. The van der Waals surface area contributed by atoms with Crippen LogP contribution in [0.15, 0.2) is 54.1 Å². The first-order valence-electron chi connectivity index (χ1n) is 15.9. The van der Waals surface area contributed by atoms with E-state index in [0.29, 0.717) is 24.0 Å². The quantitative estimate of drug-likeness (QED) is 0.276. The van der Waals surface area contributed by atoms with Crippen molar-refractivity contribution < 1.29 is 33.8 Å². The number of phenolic OH excluding ortho intramolecular Hbond substituents is 1. The van der Waals surface area contributed by atoms with E-state index in [1.165, 1.54) is 43.9 Å². The first-order valence-corrected chi connectivity index (χ1v) is 16.7. The third kappa shape index (κ3) is 4.54. The number of hydrogen-bond acceptors (Lipinski definition) is 8. The van der Waals surface area contributed by atoms with Gasteiger partial charge in [0.1, 0.15) is 17.2 Å². The van der Waals surface area contributed by atoms with Crippen molar-refractivity contribution in [1.29, 1.82) is 0 Å². The van der Waals surface area contributed by atoms with Crippen LogP contribution in [-0.2, 0) is 25.7 Å². The number of alkyl halides is 2. The maximum atomic E-state index is 14.4. The first kappa shape index (κ1) is 32.0. The van der Waals surface area contributed by atoms with Crippen LogP contribution < -0.4 is 9.47 Å². The summed E-state index contributed by atoms with van der Waals surface area (Å²) >= 11 is 14.6. The predicted molar refractivity (Wildman–Crippen MR) is 173 cm³/mol. The van der Waals surface area contributed by atoms with Crippen LogP contribution in [0.2, 0.25) is 0 Å². The molecule has 47 heavy (non-hydrogen) atoms. The largest absolute Gasteiger partial charge is 0.508 e. The number of hydrogen-bond donors (Lipinski definition) is 1. The number of rotatable bonds is 6. The smallest absolute Gasteiger partial charge is 0.253 e. The Balaban J connectivity index is 1.25. The second-order valence-corrected chi connectivity index (χ2v) is 14.5. The van der Waals surface area contributed by atoms with Crippen LogP contribution in [0.1, 0.15) is 42.7 Å². The Kier molecular flexibility index (Phi) is 7.84. The molecule has 2 aliphatic carbocycles. The lowest BCUT2D eigenvalue weighted by Crippen LogP contribution is -2.60. The van der Waals surface area contributed by atoms with E-state index in [0.717, 1.165) is 24.5 Å². The molecule has 4 fully saturated rings. The van der Waals surface area contributed by atoms with Crippen LogP contribution in [-0.4, -0.2) is 93.6 Å². The summed E-state index contributed by atoms with van der Waals surface area (Å²) in [7, 11) is 4.17. The molecule has 7 rings (SSSR count). The average Bonchev–Trinajstić information content (AvgIpc) is 3.40. The number of aromatic hydroxyl groups is 1. The van der Waals surface area contributed by atoms with Crippen molar-refractivity contribution in [3.05, 3.63) is 65.2 Å². The van der Waals surface area contributed by atoms with Gasteiger partial charge in [0.05, 0.1) is 26.1 Å². The zero-order valence-electron chi connectivity index (χ0n) is 26.4. The molecule has 12 heteroatoms. The molecule has 5 aliphatic rings. The summed E-state index contributed by atoms with van der Waals surface area (Å²) in [6.45, 7) is 2.31. The summed E-state index contributed by atoms with van der Waals surface area (Å²) in [5, 5.41) is 10.4. The van der Waals surface area contributed by atoms with Crippen LogP contribution in [0.3, 0.4) is 0 Å². The molecular formula is C35H37Cl2N3O7. The molecular weight excluding hydrogens is 645 g/mol. The van der Waals surface area contributed by atoms with Gasteiger partial charge in [0.2, 0.25) is 11.8 Å². The van der Waals surface area contributed by atoms with Crippen LogP contribution in [0, 0.1) is 17.8 Å². The first-order chi connectivity index (χ1) is 22.5. The zero-order chi connectivity index (χ0) is 33.4. The summed E-state index contributed by atoms with van der Waals surface area (Å²) in [6.07, 6.45) is 3.39. The number of carbonyl (C=O) groups excluding carboxylic acids is 4. The number of likely N-dealkylation sites (tertiary alicyclic amines) is 3. The number of methoxy groups -OCH3 is 2. The molecule has 0 unspecified atom stereocenters. The molecule has 4 amide bonds. The fraction of sp³-hybridized carbons (Fsp3) is 0.486. The van der Waals surface area contributed by atoms with Crippen LogP contribution in [0.5, 0.6) is 17.2 Å². The van der Waals surface area contributed by atoms with Crippen LogP contribution >= 0.6 is 23.2 Å². The highest BCUT2D eigenvalue weighted by Crippen LogP contribution is 2.67. The van der Waals surface area contributed by atoms with Gasteiger partial charge in [-0.2, -0.15) is 0 Å². The predicted octanol–water partition coefficient (Wildman–Crippen LogP) is 4.06. The van der Waals surface area contributed by atoms with Crippen molar-refractivity contribution in [3.63, 3.8) is 0 Å². The van der Waals surface area contributed by atoms with E-state index in [2.05, 4.69) is 17.0 Å². The van der Waals surface area contributed by atoms with E-state index in [-0.39, 0.29) is 47.9 Å². The van der Waals surface area contributed by atoms with Gasteiger partial charge in [0, 0.05) is 56.3 Å². The molecule has 0 spiro atoms. The second-order valence-electron chi connectivity index (χ2n) is 13.3. The summed E-state index contributed by atoms with van der Waals surface area (Å²) in [6, 6.07) is 12.7. The van der Waals surface area contributed by atoms with Crippen LogP contribution in [0.4, 0.5) is 0 Å². The fourth-order valence-electron chi connectivity index (χ4n) is 8.83. The van der Waals surface area contributed by atoms with Crippen LogP contribution in [0.25, 0.3) is 0 Å². The van der Waals surface area contributed by atoms with E-state index in [1.807, 2.05) is 24.3 Å². The number of phenols is 1. The molecule has 0 radical (unpaired) electrons. The highest BCUT2D eigenvalue weighted by Gasteiger charge is 2.76. The van der Waals surface area contributed by atoms with Gasteiger partial charge in [-0.25, -0.2) is 0 Å². The maximum Gasteiger partial charge on any atom is 0.253 e. The average molecular weight is 683 g/mol. The third-order valence-electron chi connectivity index (χ3n) is 11.0. The SMILES string of the molecule is COc1cc(O)cc(OC)c1[C@H]1C2=CC[C@@H]3C(=O)N(C4CCN(Cc5ccccc5)CC4)C(=O)[C@@H]3[C@@H]2C[C@@]2(Cl)C(=O)N(C)C(=O)[C@@]12Cl. The maximum absolute atomic E-state index is 14.4. The standard InChI is InChI=1S/C35H37Cl2N3O7/c1-38-32(44)34(36)17-24-22(29(35(34,37)33(38)45)28-25(46-2)15-21(41)16-26(28)47-3)9-10-23-27(24)31(43)40(30(23)42)20-11-13-39(14-12-20)18-19-7-5-4-6-8-19/h4-9,15-16,20,23-24,27,29,41H,10-14,17-18H2,1-3H3/t23-,24+,27-,29+,34+,35-/m0/s1. The van der Waals surface area contributed by atoms with Gasteiger partial charge in [-0.15, -0.1) is 23.2 Å². The van der Waals surface area contributed by atoms with Crippen molar-refractivity contribution in [2.24, 2.45) is 17.8 Å². The fourth-order valence-corrected chi connectivity index (χ4v) is 9.84. The molecule has 2 aromatic carbocycles. The zero-order valence-corrected chi connectivity index (χ0v) is 28.0. The molecule has 3 aliphatic heterocycles. The van der Waals surface area contributed by atoms with E-state index in [1.54, 1.807) is 0 Å². The Hall–Kier alpha value is -3.60. The molecule has 0 aromatic heterocycles. The molecule has 0 bridgehead atoms. The minimum absolute atomic E-state index is 0.0957. The van der Waals surface area contributed by atoms with E-state index >= 15 is 0 Å². The number of imide groups is 2. The molecule has 248 valence electrons. The van der Waals surface area contributed by atoms with Gasteiger partial charge in [-0.05, 0) is 37.2 Å². The van der Waals surface area contributed by atoms with Crippen molar-refractivity contribution in [1.82, 2.24) is 14.7 Å². The molecule has 3 saturated heterocycles. The second kappa shape index (κ2) is 11.5. The monoisotopic (exact) mass is 681 g/mol. The number of halogens is 2. The molecule has 10 nitrogen and oxygen atoms in total. The Bertz CT molecular complexity index is 1670. The van der Waals surface area contributed by atoms with E-state index < -0.39 is 45.2 Å². The lowest BCUT2D eigenvalue weighted by molar-refractivity contribution is -0.144. The van der Waals surface area contributed by atoms with E-state index in [4.69, 9.17) is 32.7 Å². The van der Waals surface area contributed by atoms with Gasteiger partial charge >= 0.3 is 0 Å². The minimum Gasteiger partial charge on any atom is -0.508 e. The summed E-state index contributed by atoms with van der Waals surface area (Å²) in [4.78, 5) is 57.0. The van der Waals surface area contributed by atoms with Crippen molar-refractivity contribution in [2.75, 3.05) is 34.4 Å². The molecule has 1 N–H and O–H groups in total. The lowest BCUT2D eigenvalue weighted by Gasteiger charge is -2.51. The molecule has 6 atom stereocenters. The molecule has 3 heterocycles. The normalized spacial score (nSPS) is 32.7. The number of piperidine rings is 1. The number of allylic oxidation sites excluding steroid dienone is 2. The van der Waals surface area contributed by atoms with Gasteiger partial charge in [-0.1, -0.05) is 42.0 Å². The number of nitrogens with zero attached hydrogens (tertiary/aromatic N) is 3. The highest BCUT2D eigenvalue weighted by molar-refractivity contribution is 6.53. The molecule has 1 saturated carbocycles. The number of amides is 4. The topological polar surface area (TPSA) is 117 Å². The van der Waals surface area contributed by atoms with Gasteiger partial charge < -0.3 is 14.6 Å². The lowest BCUT2D eigenvalue weighted by atomic mass is 9.56. The third-order valence-corrected chi connectivity index (χ3v) is 12.5. The Morgan fingerprint density at radius 1 is 0.915 bits per heavy atom. The Morgan fingerprint density at radius 2 is 1.55 bits per heavy atom. The summed E-state index contributed by atoms with van der Waals surface area (Å²) in [5.74, 6) is -4.70. The van der Waals surface area contributed by atoms with Crippen molar-refractivity contribution in [3.8, 4) is 17.2 Å². The minimum atomic E-state index is -2.00. The Morgan fingerprint density at radius 3 is 2.17 bits per heavy atom. The van der Waals surface area contributed by atoms with Crippen molar-refractivity contribution in [2.45, 2.75) is 53.9 Å². The van der Waals surface area contributed by atoms with E-state index in [9.17, 15) is 24.3 Å². The number of benzene rings is 2. The molecule has 2 aromatic rings. The van der Waals surface area contributed by atoms with Gasteiger partial charge in [-0.3, -0.25) is 33.9 Å². The van der Waals surface area contributed by atoms with Crippen molar-refractivity contribution >= 4 is 46.8 Å². The Labute approximate surface area is 283 Å². The number of carbonyl (C=O) groups is 4. The number of ether oxygens (including phenoxy) is 2. The van der Waals surface area contributed by atoms with Gasteiger partial charge in [0.15, 0.2) is 9.75 Å². The van der Waals surface area contributed by atoms with Gasteiger partial charge in [0.25, 0.3) is 11.8 Å². The summed E-state index contributed by atoms with van der Waals surface area (Å²) in [5.41, 5.74) is 2.18.